The molecule has 5 heteroatoms. The number of terminal acetylenes is 1. The number of nitro groups is 1. The van der Waals surface area contributed by atoms with Gasteiger partial charge in [-0.1, -0.05) is 5.92 Å². The van der Waals surface area contributed by atoms with Crippen molar-refractivity contribution in [3.05, 3.63) is 33.9 Å². The largest absolute Gasteiger partial charge is 0.474 e. The molecule has 0 unspecified atom stereocenters. The van der Waals surface area contributed by atoms with Crippen LogP contribution in [0.15, 0.2) is 18.2 Å². The molecular formula is C10H6N2O3. The van der Waals surface area contributed by atoms with Crippen LogP contribution in [-0.4, -0.2) is 11.5 Å². The quantitative estimate of drug-likeness (QED) is 0.422. The highest BCUT2D eigenvalue weighted by Crippen LogP contribution is 2.27. The average Bonchev–Trinajstić information content (AvgIpc) is 2.26. The van der Waals surface area contributed by atoms with Crippen LogP contribution in [0.4, 0.5) is 5.69 Å². The predicted molar refractivity (Wildman–Crippen MR) is 52.1 cm³/mol. The van der Waals surface area contributed by atoms with E-state index in [-0.39, 0.29) is 23.6 Å². The first-order valence-corrected chi connectivity index (χ1v) is 3.94. The third-order valence-electron chi connectivity index (χ3n) is 1.60. The number of nitriles is 1. The maximum absolute atomic E-state index is 10.6. The van der Waals surface area contributed by atoms with Crippen LogP contribution in [0.2, 0.25) is 0 Å². The highest BCUT2D eigenvalue weighted by atomic mass is 16.6. The fourth-order valence-electron chi connectivity index (χ4n) is 0.971. The molecule has 0 fully saturated rings. The number of rotatable bonds is 3. The minimum Gasteiger partial charge on any atom is -0.474 e. The summed E-state index contributed by atoms with van der Waals surface area (Å²) in [5.74, 6) is 2.27. The number of hydrogen-bond donors (Lipinski definition) is 0. The molecule has 1 aromatic carbocycles. The van der Waals surface area contributed by atoms with E-state index in [0.717, 1.165) is 6.07 Å². The van der Waals surface area contributed by atoms with E-state index in [0.29, 0.717) is 0 Å². The van der Waals surface area contributed by atoms with Gasteiger partial charge < -0.3 is 4.74 Å². The van der Waals surface area contributed by atoms with Gasteiger partial charge in [-0.25, -0.2) is 0 Å². The Kier molecular flexibility index (Phi) is 3.26. The van der Waals surface area contributed by atoms with E-state index >= 15 is 0 Å². The number of hydrogen-bond acceptors (Lipinski definition) is 4. The second-order valence-electron chi connectivity index (χ2n) is 2.54. The average molecular weight is 202 g/mol. The van der Waals surface area contributed by atoms with Crippen LogP contribution in [0.3, 0.4) is 0 Å². The molecule has 0 aliphatic rings. The zero-order chi connectivity index (χ0) is 11.3. The summed E-state index contributed by atoms with van der Waals surface area (Å²) in [4.78, 5) is 10.00. The maximum atomic E-state index is 10.6. The Bertz CT molecular complexity index is 469. The molecule has 0 radical (unpaired) electrons. The van der Waals surface area contributed by atoms with Crippen molar-refractivity contribution in [3.8, 4) is 24.2 Å². The maximum Gasteiger partial charge on any atom is 0.312 e. The second kappa shape index (κ2) is 4.64. The molecule has 0 aliphatic heterocycles. The van der Waals surface area contributed by atoms with E-state index in [1.165, 1.54) is 12.1 Å². The summed E-state index contributed by atoms with van der Waals surface area (Å²) < 4.78 is 4.96. The Morgan fingerprint density at radius 3 is 2.87 bits per heavy atom. The summed E-state index contributed by atoms with van der Waals surface area (Å²) in [5, 5.41) is 19.2. The van der Waals surface area contributed by atoms with Gasteiger partial charge in [0.05, 0.1) is 16.6 Å². The number of benzene rings is 1. The van der Waals surface area contributed by atoms with Gasteiger partial charge in [0.25, 0.3) is 0 Å². The van der Waals surface area contributed by atoms with E-state index in [9.17, 15) is 10.1 Å². The summed E-state index contributed by atoms with van der Waals surface area (Å²) in [6.45, 7) is -0.0489. The molecule has 0 saturated heterocycles. The van der Waals surface area contributed by atoms with Gasteiger partial charge in [0.2, 0.25) is 0 Å². The molecule has 1 aromatic rings. The Morgan fingerprint density at radius 1 is 1.60 bits per heavy atom. The highest BCUT2D eigenvalue weighted by Gasteiger charge is 2.15. The van der Waals surface area contributed by atoms with Gasteiger partial charge in [0.15, 0.2) is 5.75 Å². The molecule has 0 saturated carbocycles. The van der Waals surface area contributed by atoms with Gasteiger partial charge in [0.1, 0.15) is 6.61 Å². The zero-order valence-corrected chi connectivity index (χ0v) is 7.64. The fraction of sp³-hybridized carbons (Fsp3) is 0.100. The van der Waals surface area contributed by atoms with Crippen molar-refractivity contribution in [2.24, 2.45) is 0 Å². The van der Waals surface area contributed by atoms with Gasteiger partial charge in [-0.2, -0.15) is 5.26 Å². The van der Waals surface area contributed by atoms with Crippen LogP contribution in [0.5, 0.6) is 5.75 Å². The lowest BCUT2D eigenvalue weighted by Gasteiger charge is -2.02. The Labute approximate surface area is 86.0 Å². The number of nitrogens with zero attached hydrogens (tertiary/aromatic N) is 2. The smallest absolute Gasteiger partial charge is 0.312 e. The van der Waals surface area contributed by atoms with Crippen LogP contribution in [0.1, 0.15) is 5.56 Å². The normalized spacial score (nSPS) is 8.67. The van der Waals surface area contributed by atoms with E-state index in [2.05, 4.69) is 5.92 Å². The van der Waals surface area contributed by atoms with Crippen molar-refractivity contribution < 1.29 is 9.66 Å². The minimum absolute atomic E-state index is 0.0489. The molecule has 0 N–H and O–H groups in total. The summed E-state index contributed by atoms with van der Waals surface area (Å²) in [7, 11) is 0. The summed E-state index contributed by atoms with van der Waals surface area (Å²) in [6.07, 6.45) is 4.96. The molecular weight excluding hydrogens is 196 g/mol. The molecule has 74 valence electrons. The van der Waals surface area contributed by atoms with Gasteiger partial charge in [-0.15, -0.1) is 6.42 Å². The lowest BCUT2D eigenvalue weighted by Crippen LogP contribution is -1.98. The second-order valence-corrected chi connectivity index (χ2v) is 2.54. The van der Waals surface area contributed by atoms with Crippen LogP contribution < -0.4 is 4.74 Å². The lowest BCUT2D eigenvalue weighted by atomic mass is 10.2. The standard InChI is InChI=1S/C10H6N2O3/c1-2-5-15-10-4-3-8(7-11)6-9(10)12(13)14/h1,3-4,6H,5H2. The number of nitro benzene ring substituents is 1. The molecule has 0 spiro atoms. The Hall–Kier alpha value is -2.53. The summed E-state index contributed by atoms with van der Waals surface area (Å²) in [5.41, 5.74) is -0.0564. The summed E-state index contributed by atoms with van der Waals surface area (Å²) >= 11 is 0. The molecule has 0 amide bonds. The first kappa shape index (κ1) is 10.6. The molecule has 5 nitrogen and oxygen atoms in total. The lowest BCUT2D eigenvalue weighted by molar-refractivity contribution is -0.385. The predicted octanol–water partition coefficient (Wildman–Crippen LogP) is 1.48. The van der Waals surface area contributed by atoms with E-state index in [4.69, 9.17) is 16.4 Å². The molecule has 1 rings (SSSR count). The number of ether oxygens (including phenoxy) is 1. The van der Waals surface area contributed by atoms with Gasteiger partial charge in [-0.05, 0) is 12.1 Å². The van der Waals surface area contributed by atoms with Crippen molar-refractivity contribution >= 4 is 5.69 Å². The third kappa shape index (κ3) is 2.45. The van der Waals surface area contributed by atoms with Crippen LogP contribution in [0.25, 0.3) is 0 Å². The molecule has 15 heavy (non-hydrogen) atoms. The topological polar surface area (TPSA) is 76.2 Å². The van der Waals surface area contributed by atoms with Gasteiger partial charge >= 0.3 is 5.69 Å². The Morgan fingerprint density at radius 2 is 2.33 bits per heavy atom. The molecule has 0 atom stereocenters. The van der Waals surface area contributed by atoms with E-state index in [1.54, 1.807) is 6.07 Å². The first-order chi connectivity index (χ1) is 7.19. The van der Waals surface area contributed by atoms with Crippen molar-refractivity contribution in [3.63, 3.8) is 0 Å². The Balaban J connectivity index is 3.12. The minimum atomic E-state index is -0.618. The first-order valence-electron chi connectivity index (χ1n) is 3.94. The monoisotopic (exact) mass is 202 g/mol. The molecule has 0 aliphatic carbocycles. The molecule has 0 aromatic heterocycles. The fourth-order valence-corrected chi connectivity index (χ4v) is 0.971. The van der Waals surface area contributed by atoms with Crippen molar-refractivity contribution in [2.75, 3.05) is 6.61 Å². The van der Waals surface area contributed by atoms with Crippen LogP contribution in [0, 0.1) is 33.8 Å². The van der Waals surface area contributed by atoms with Crippen LogP contribution in [-0.2, 0) is 0 Å². The van der Waals surface area contributed by atoms with Crippen molar-refractivity contribution in [1.82, 2.24) is 0 Å². The highest BCUT2D eigenvalue weighted by molar-refractivity contribution is 5.51. The molecule has 0 bridgehead atoms. The zero-order valence-electron chi connectivity index (χ0n) is 7.64. The van der Waals surface area contributed by atoms with Crippen molar-refractivity contribution in [2.45, 2.75) is 0 Å². The van der Waals surface area contributed by atoms with Crippen LogP contribution >= 0.6 is 0 Å². The van der Waals surface area contributed by atoms with Gasteiger partial charge in [0, 0.05) is 6.07 Å². The summed E-state index contributed by atoms with van der Waals surface area (Å²) in [6, 6.07) is 5.73. The SMILES string of the molecule is C#CCOc1ccc(C#N)cc1[N+](=O)[O-]. The van der Waals surface area contributed by atoms with Gasteiger partial charge in [-0.3, -0.25) is 10.1 Å². The van der Waals surface area contributed by atoms with E-state index < -0.39 is 4.92 Å². The third-order valence-corrected chi connectivity index (χ3v) is 1.60. The van der Waals surface area contributed by atoms with Crippen molar-refractivity contribution in [1.29, 1.82) is 5.26 Å². The molecule has 0 heterocycles. The van der Waals surface area contributed by atoms with E-state index in [1.807, 2.05) is 0 Å².